The maximum atomic E-state index is 13.3. The van der Waals surface area contributed by atoms with Gasteiger partial charge in [0.05, 0.1) is 18.8 Å². The molecule has 4 fully saturated rings. The second kappa shape index (κ2) is 7.23. The molecule has 4 bridgehead atoms. The lowest BCUT2D eigenvalue weighted by atomic mass is 9.48. The summed E-state index contributed by atoms with van der Waals surface area (Å²) in [4.78, 5) is 19.6. The SMILES string of the molecule is COCCN(Cc1ccccn1)C(=O)CC12CC3CC(CC(Br)(C3)C1)C2. The summed E-state index contributed by atoms with van der Waals surface area (Å²) < 4.78 is 5.55. The van der Waals surface area contributed by atoms with Gasteiger partial charge in [0.1, 0.15) is 0 Å². The van der Waals surface area contributed by atoms with E-state index in [0.717, 1.165) is 17.5 Å². The van der Waals surface area contributed by atoms with Crippen LogP contribution in [0.4, 0.5) is 0 Å². The summed E-state index contributed by atoms with van der Waals surface area (Å²) in [5.74, 6) is 1.89. The number of hydrogen-bond donors (Lipinski definition) is 0. The van der Waals surface area contributed by atoms with Crippen molar-refractivity contribution in [3.05, 3.63) is 30.1 Å². The highest BCUT2D eigenvalue weighted by atomic mass is 79.9. The maximum Gasteiger partial charge on any atom is 0.223 e. The molecule has 4 aliphatic carbocycles. The van der Waals surface area contributed by atoms with Crippen LogP contribution in [-0.2, 0) is 16.1 Å². The fourth-order valence-electron chi connectivity index (χ4n) is 6.16. The summed E-state index contributed by atoms with van der Waals surface area (Å²) in [6, 6.07) is 5.88. The standard InChI is InChI=1S/C21H29BrN2O2/c1-26-7-6-24(14-18-4-2-3-5-23-18)19(25)13-20-9-16-8-17(10-20)12-21(22,11-16)15-20/h2-5,16-17H,6-15H2,1H3. The molecule has 4 aliphatic rings. The quantitative estimate of drug-likeness (QED) is 0.621. The Morgan fingerprint density at radius 3 is 2.69 bits per heavy atom. The number of halogens is 1. The minimum Gasteiger partial charge on any atom is -0.383 e. The van der Waals surface area contributed by atoms with Gasteiger partial charge >= 0.3 is 0 Å². The fraction of sp³-hybridized carbons (Fsp3) is 0.714. The molecule has 0 radical (unpaired) electrons. The third-order valence-electron chi connectivity index (χ3n) is 6.63. The third-order valence-corrected chi connectivity index (χ3v) is 7.56. The van der Waals surface area contributed by atoms with Crippen molar-refractivity contribution in [1.29, 1.82) is 0 Å². The first kappa shape index (κ1) is 18.4. The predicted octanol–water partition coefficient (Wildman–Crippen LogP) is 4.18. The number of nitrogens with zero attached hydrogens (tertiary/aromatic N) is 2. The van der Waals surface area contributed by atoms with Crippen LogP contribution in [-0.4, -0.2) is 40.4 Å². The zero-order valence-corrected chi connectivity index (χ0v) is 17.2. The van der Waals surface area contributed by atoms with Crippen molar-refractivity contribution in [1.82, 2.24) is 9.88 Å². The number of alkyl halides is 1. The van der Waals surface area contributed by atoms with Crippen LogP contribution in [0, 0.1) is 17.3 Å². The van der Waals surface area contributed by atoms with Gasteiger partial charge in [-0.05, 0) is 67.9 Å². The van der Waals surface area contributed by atoms with E-state index in [2.05, 4.69) is 20.9 Å². The van der Waals surface area contributed by atoms with Gasteiger partial charge in [-0.3, -0.25) is 9.78 Å². The number of ether oxygens (including phenoxy) is 1. The van der Waals surface area contributed by atoms with Crippen molar-refractivity contribution >= 4 is 21.8 Å². The van der Waals surface area contributed by atoms with Crippen molar-refractivity contribution in [3.8, 4) is 0 Å². The molecular formula is C21H29BrN2O2. The zero-order chi connectivity index (χ0) is 18.2. The van der Waals surface area contributed by atoms with Gasteiger partial charge < -0.3 is 9.64 Å². The number of pyridine rings is 1. The molecule has 1 aromatic rings. The van der Waals surface area contributed by atoms with E-state index < -0.39 is 0 Å². The molecule has 1 amide bonds. The second-order valence-electron chi connectivity index (χ2n) is 8.92. The molecule has 1 heterocycles. The first-order valence-electron chi connectivity index (χ1n) is 9.85. The third kappa shape index (κ3) is 3.84. The average molecular weight is 421 g/mol. The molecule has 0 aliphatic heterocycles. The Morgan fingerprint density at radius 2 is 2.08 bits per heavy atom. The maximum absolute atomic E-state index is 13.3. The largest absolute Gasteiger partial charge is 0.383 e. The average Bonchev–Trinajstić information content (AvgIpc) is 2.56. The van der Waals surface area contributed by atoms with Crippen LogP contribution in [0.2, 0.25) is 0 Å². The minimum absolute atomic E-state index is 0.208. The number of methoxy groups -OCH3 is 1. The predicted molar refractivity (Wildman–Crippen MR) is 105 cm³/mol. The van der Waals surface area contributed by atoms with Gasteiger partial charge in [0.25, 0.3) is 0 Å². The van der Waals surface area contributed by atoms with Crippen LogP contribution in [0.1, 0.15) is 50.6 Å². The first-order chi connectivity index (χ1) is 12.5. The molecular weight excluding hydrogens is 392 g/mol. The number of hydrogen-bond acceptors (Lipinski definition) is 3. The van der Waals surface area contributed by atoms with Crippen molar-refractivity contribution in [2.24, 2.45) is 17.3 Å². The van der Waals surface area contributed by atoms with Crippen molar-refractivity contribution < 1.29 is 9.53 Å². The lowest BCUT2D eigenvalue weighted by molar-refractivity contribution is -0.139. The van der Waals surface area contributed by atoms with E-state index in [0.29, 0.717) is 30.4 Å². The van der Waals surface area contributed by atoms with Crippen LogP contribution >= 0.6 is 15.9 Å². The number of carbonyl (C=O) groups excluding carboxylic acids is 1. The molecule has 5 heteroatoms. The Hall–Kier alpha value is -0.940. The van der Waals surface area contributed by atoms with Gasteiger partial charge in [-0.2, -0.15) is 0 Å². The minimum atomic E-state index is 0.208. The van der Waals surface area contributed by atoms with Crippen LogP contribution in [0.3, 0.4) is 0 Å². The smallest absolute Gasteiger partial charge is 0.223 e. The molecule has 0 saturated heterocycles. The monoisotopic (exact) mass is 420 g/mol. The number of amides is 1. The van der Waals surface area contributed by atoms with E-state index in [4.69, 9.17) is 4.74 Å². The van der Waals surface area contributed by atoms with Crippen LogP contribution < -0.4 is 0 Å². The Morgan fingerprint density at radius 1 is 1.31 bits per heavy atom. The van der Waals surface area contributed by atoms with Crippen molar-refractivity contribution in [3.63, 3.8) is 0 Å². The van der Waals surface area contributed by atoms with E-state index in [-0.39, 0.29) is 11.3 Å². The summed E-state index contributed by atoms with van der Waals surface area (Å²) >= 11 is 4.06. The van der Waals surface area contributed by atoms with Crippen molar-refractivity contribution in [2.75, 3.05) is 20.3 Å². The summed E-state index contributed by atoms with van der Waals surface area (Å²) in [6.07, 6.45) is 10.1. The van der Waals surface area contributed by atoms with Crippen LogP contribution in [0.25, 0.3) is 0 Å². The summed E-state index contributed by atoms with van der Waals surface area (Å²) in [5, 5.41) is 0. The molecule has 4 nitrogen and oxygen atoms in total. The molecule has 0 spiro atoms. The zero-order valence-electron chi connectivity index (χ0n) is 15.6. The van der Waals surface area contributed by atoms with E-state index >= 15 is 0 Å². The van der Waals surface area contributed by atoms with E-state index in [1.807, 2.05) is 23.1 Å². The summed E-state index contributed by atoms with van der Waals surface area (Å²) in [6.45, 7) is 1.78. The normalized spacial score (nSPS) is 34.8. The lowest BCUT2D eigenvalue weighted by Gasteiger charge is -2.60. The van der Waals surface area contributed by atoms with E-state index in [1.54, 1.807) is 13.3 Å². The highest BCUT2D eigenvalue weighted by molar-refractivity contribution is 9.10. The van der Waals surface area contributed by atoms with Gasteiger partial charge in [0, 0.05) is 30.6 Å². The van der Waals surface area contributed by atoms with Gasteiger partial charge in [-0.1, -0.05) is 22.0 Å². The molecule has 26 heavy (non-hydrogen) atoms. The van der Waals surface area contributed by atoms with Crippen molar-refractivity contribution in [2.45, 2.75) is 55.8 Å². The van der Waals surface area contributed by atoms with Crippen LogP contribution in [0.5, 0.6) is 0 Å². The van der Waals surface area contributed by atoms with Gasteiger partial charge in [-0.15, -0.1) is 0 Å². The summed E-state index contributed by atoms with van der Waals surface area (Å²) in [7, 11) is 1.69. The Labute approximate surface area is 164 Å². The summed E-state index contributed by atoms with van der Waals surface area (Å²) in [5.41, 5.74) is 1.15. The Kier molecular flexibility index (Phi) is 5.13. The molecule has 5 rings (SSSR count). The second-order valence-corrected chi connectivity index (χ2v) is 10.6. The van der Waals surface area contributed by atoms with E-state index in [1.165, 1.54) is 38.5 Å². The molecule has 4 saturated carbocycles. The lowest BCUT2D eigenvalue weighted by Crippen LogP contribution is -2.54. The Bertz CT molecular complexity index is 637. The van der Waals surface area contributed by atoms with Gasteiger partial charge in [0.2, 0.25) is 5.91 Å². The van der Waals surface area contributed by atoms with Crippen LogP contribution in [0.15, 0.2) is 24.4 Å². The van der Waals surface area contributed by atoms with Gasteiger partial charge in [0.15, 0.2) is 0 Å². The molecule has 2 atom stereocenters. The number of carbonyl (C=O) groups is 1. The van der Waals surface area contributed by atoms with E-state index in [9.17, 15) is 4.79 Å². The Balaban J connectivity index is 1.47. The highest BCUT2D eigenvalue weighted by Crippen LogP contribution is 2.65. The number of aromatic nitrogens is 1. The molecule has 0 N–H and O–H groups in total. The topological polar surface area (TPSA) is 42.4 Å². The molecule has 1 aromatic heterocycles. The molecule has 142 valence electrons. The first-order valence-corrected chi connectivity index (χ1v) is 10.6. The molecule has 2 unspecified atom stereocenters. The van der Waals surface area contributed by atoms with Gasteiger partial charge in [-0.25, -0.2) is 0 Å². The molecule has 0 aromatic carbocycles. The highest BCUT2D eigenvalue weighted by Gasteiger charge is 2.57. The fourth-order valence-corrected chi connectivity index (χ4v) is 7.67. The number of rotatable bonds is 7.